The molecule has 2 rings (SSSR count). The number of hydrogen-bond acceptors (Lipinski definition) is 3. The van der Waals surface area contributed by atoms with Crippen molar-refractivity contribution >= 4 is 5.69 Å². The van der Waals surface area contributed by atoms with Crippen molar-refractivity contribution in [3.63, 3.8) is 0 Å². The van der Waals surface area contributed by atoms with Gasteiger partial charge in [-0.3, -0.25) is 0 Å². The summed E-state index contributed by atoms with van der Waals surface area (Å²) in [5, 5.41) is 12.5. The Labute approximate surface area is 90.1 Å². The summed E-state index contributed by atoms with van der Waals surface area (Å²) < 4.78 is 5.52. The summed E-state index contributed by atoms with van der Waals surface area (Å²) in [6, 6.07) is 7.82. The molecule has 0 amide bonds. The summed E-state index contributed by atoms with van der Waals surface area (Å²) in [5.41, 5.74) is 1.95. The van der Waals surface area contributed by atoms with Gasteiger partial charge in [0.25, 0.3) is 0 Å². The van der Waals surface area contributed by atoms with Crippen molar-refractivity contribution in [2.45, 2.75) is 25.6 Å². The van der Waals surface area contributed by atoms with Gasteiger partial charge in [-0.25, -0.2) is 0 Å². The summed E-state index contributed by atoms with van der Waals surface area (Å²) in [6.45, 7) is 1.79. The van der Waals surface area contributed by atoms with E-state index in [2.05, 4.69) is 5.32 Å². The Morgan fingerprint density at radius 2 is 2.27 bits per heavy atom. The first-order chi connectivity index (χ1) is 7.40. The first-order valence-corrected chi connectivity index (χ1v) is 5.44. The zero-order valence-electron chi connectivity index (χ0n) is 8.78. The number of benzene rings is 1. The van der Waals surface area contributed by atoms with E-state index in [0.717, 1.165) is 37.2 Å². The summed E-state index contributed by atoms with van der Waals surface area (Å²) in [4.78, 5) is 0. The smallest absolute Gasteiger partial charge is 0.0748 e. The number of anilines is 1. The maximum atomic E-state index is 9.14. The minimum Gasteiger partial charge on any atom is -0.392 e. The average Bonchev–Trinajstić information content (AvgIpc) is 2.79. The number of aliphatic hydroxyl groups is 1. The van der Waals surface area contributed by atoms with Crippen LogP contribution in [0.5, 0.6) is 0 Å². The van der Waals surface area contributed by atoms with Gasteiger partial charge in [-0.15, -0.1) is 0 Å². The van der Waals surface area contributed by atoms with Gasteiger partial charge in [0.05, 0.1) is 12.7 Å². The SMILES string of the molecule is OCc1ccccc1NCC1CCCO1. The lowest BCUT2D eigenvalue weighted by Crippen LogP contribution is -2.19. The molecule has 3 heteroatoms. The van der Waals surface area contributed by atoms with Crippen LogP contribution >= 0.6 is 0 Å². The number of aliphatic hydroxyl groups excluding tert-OH is 1. The second-order valence-corrected chi connectivity index (χ2v) is 3.83. The molecule has 0 saturated carbocycles. The molecule has 3 nitrogen and oxygen atoms in total. The monoisotopic (exact) mass is 207 g/mol. The maximum Gasteiger partial charge on any atom is 0.0748 e. The molecule has 1 aliphatic heterocycles. The third-order valence-corrected chi connectivity index (χ3v) is 2.73. The standard InChI is InChI=1S/C12H17NO2/c14-9-10-4-1-2-6-12(10)13-8-11-5-3-7-15-11/h1-2,4,6,11,13-14H,3,5,7-9H2. The Bertz CT molecular complexity index is 308. The summed E-state index contributed by atoms with van der Waals surface area (Å²) in [6.07, 6.45) is 2.62. The van der Waals surface area contributed by atoms with Crippen molar-refractivity contribution < 1.29 is 9.84 Å². The molecule has 0 bridgehead atoms. The minimum absolute atomic E-state index is 0.0781. The molecule has 1 fully saturated rings. The number of rotatable bonds is 4. The Hall–Kier alpha value is -1.06. The molecule has 1 saturated heterocycles. The molecule has 1 heterocycles. The predicted molar refractivity (Wildman–Crippen MR) is 59.8 cm³/mol. The van der Waals surface area contributed by atoms with E-state index in [1.54, 1.807) is 0 Å². The van der Waals surface area contributed by atoms with Crippen LogP contribution in [0, 0.1) is 0 Å². The van der Waals surface area contributed by atoms with Crippen LogP contribution in [0.3, 0.4) is 0 Å². The number of para-hydroxylation sites is 1. The molecule has 82 valence electrons. The van der Waals surface area contributed by atoms with Gasteiger partial charge in [-0.1, -0.05) is 18.2 Å². The molecule has 15 heavy (non-hydrogen) atoms. The van der Waals surface area contributed by atoms with Crippen LogP contribution in [-0.4, -0.2) is 24.4 Å². The zero-order valence-corrected chi connectivity index (χ0v) is 8.78. The minimum atomic E-state index is 0.0781. The molecular formula is C12H17NO2. The molecule has 1 atom stereocenters. The molecule has 1 unspecified atom stereocenters. The number of nitrogens with one attached hydrogen (secondary N) is 1. The second-order valence-electron chi connectivity index (χ2n) is 3.83. The average molecular weight is 207 g/mol. The lowest BCUT2D eigenvalue weighted by molar-refractivity contribution is 0.120. The van der Waals surface area contributed by atoms with Gasteiger partial charge >= 0.3 is 0 Å². The molecule has 2 N–H and O–H groups in total. The first-order valence-electron chi connectivity index (χ1n) is 5.44. The third-order valence-electron chi connectivity index (χ3n) is 2.73. The lowest BCUT2D eigenvalue weighted by atomic mass is 10.1. The second kappa shape index (κ2) is 5.14. The van der Waals surface area contributed by atoms with Crippen LogP contribution in [0.15, 0.2) is 24.3 Å². The van der Waals surface area contributed by atoms with Crippen LogP contribution < -0.4 is 5.32 Å². The highest BCUT2D eigenvalue weighted by molar-refractivity contribution is 5.50. The van der Waals surface area contributed by atoms with Crippen LogP contribution in [0.25, 0.3) is 0 Å². The van der Waals surface area contributed by atoms with E-state index < -0.39 is 0 Å². The third kappa shape index (κ3) is 2.70. The van der Waals surface area contributed by atoms with Crippen molar-refractivity contribution in [3.05, 3.63) is 29.8 Å². The van der Waals surface area contributed by atoms with Crippen LogP contribution in [0.4, 0.5) is 5.69 Å². The van der Waals surface area contributed by atoms with Gasteiger partial charge in [0.2, 0.25) is 0 Å². The fourth-order valence-electron chi connectivity index (χ4n) is 1.86. The Kier molecular flexibility index (Phi) is 3.59. The molecule has 1 aromatic rings. The number of hydrogen-bond donors (Lipinski definition) is 2. The van der Waals surface area contributed by atoms with E-state index in [1.807, 2.05) is 24.3 Å². The fourth-order valence-corrected chi connectivity index (χ4v) is 1.86. The Morgan fingerprint density at radius 1 is 1.40 bits per heavy atom. The van der Waals surface area contributed by atoms with E-state index in [0.29, 0.717) is 6.10 Å². The molecule has 0 aromatic heterocycles. The predicted octanol–water partition coefficient (Wildman–Crippen LogP) is 1.77. The lowest BCUT2D eigenvalue weighted by Gasteiger charge is -2.14. The Morgan fingerprint density at radius 3 is 3.00 bits per heavy atom. The number of ether oxygens (including phenoxy) is 1. The summed E-state index contributed by atoms with van der Waals surface area (Å²) in [5.74, 6) is 0. The van der Waals surface area contributed by atoms with Crippen molar-refractivity contribution in [1.29, 1.82) is 0 Å². The van der Waals surface area contributed by atoms with Crippen LogP contribution in [0.2, 0.25) is 0 Å². The van der Waals surface area contributed by atoms with Crippen LogP contribution in [0.1, 0.15) is 18.4 Å². The highest BCUT2D eigenvalue weighted by Gasteiger charge is 2.15. The summed E-state index contributed by atoms with van der Waals surface area (Å²) in [7, 11) is 0. The van der Waals surface area contributed by atoms with Gasteiger partial charge in [-0.2, -0.15) is 0 Å². The zero-order chi connectivity index (χ0) is 10.5. The molecular weight excluding hydrogens is 190 g/mol. The van der Waals surface area contributed by atoms with Crippen LogP contribution in [-0.2, 0) is 11.3 Å². The van der Waals surface area contributed by atoms with Gasteiger partial charge in [-0.05, 0) is 18.9 Å². The largest absolute Gasteiger partial charge is 0.392 e. The van der Waals surface area contributed by atoms with E-state index in [-0.39, 0.29) is 6.61 Å². The van der Waals surface area contributed by atoms with Crippen molar-refractivity contribution in [2.24, 2.45) is 0 Å². The van der Waals surface area contributed by atoms with E-state index in [9.17, 15) is 0 Å². The van der Waals surface area contributed by atoms with Gasteiger partial charge in [0, 0.05) is 24.4 Å². The molecule has 1 aliphatic rings. The van der Waals surface area contributed by atoms with E-state index in [1.165, 1.54) is 0 Å². The summed E-state index contributed by atoms with van der Waals surface area (Å²) >= 11 is 0. The normalized spacial score (nSPS) is 20.5. The molecule has 1 aromatic carbocycles. The molecule has 0 aliphatic carbocycles. The highest BCUT2D eigenvalue weighted by atomic mass is 16.5. The van der Waals surface area contributed by atoms with E-state index >= 15 is 0 Å². The van der Waals surface area contributed by atoms with Gasteiger partial charge in [0.15, 0.2) is 0 Å². The molecule has 0 radical (unpaired) electrons. The van der Waals surface area contributed by atoms with Gasteiger partial charge in [0.1, 0.15) is 0 Å². The van der Waals surface area contributed by atoms with Crippen molar-refractivity contribution in [2.75, 3.05) is 18.5 Å². The molecule has 0 spiro atoms. The first kappa shape index (κ1) is 10.5. The van der Waals surface area contributed by atoms with Crippen molar-refractivity contribution in [1.82, 2.24) is 0 Å². The maximum absolute atomic E-state index is 9.14. The van der Waals surface area contributed by atoms with E-state index in [4.69, 9.17) is 9.84 Å². The quantitative estimate of drug-likeness (QED) is 0.790. The van der Waals surface area contributed by atoms with Gasteiger partial charge < -0.3 is 15.2 Å². The Balaban J connectivity index is 1.91. The fraction of sp³-hybridized carbons (Fsp3) is 0.500. The topological polar surface area (TPSA) is 41.5 Å². The van der Waals surface area contributed by atoms with Crippen molar-refractivity contribution in [3.8, 4) is 0 Å². The highest BCUT2D eigenvalue weighted by Crippen LogP contribution is 2.17.